The predicted molar refractivity (Wildman–Crippen MR) is 141 cm³/mol. The van der Waals surface area contributed by atoms with Crippen LogP contribution in [0.15, 0.2) is 85.6 Å². The molecule has 0 saturated carbocycles. The lowest BCUT2D eigenvalue weighted by Gasteiger charge is -2.34. The molecule has 0 unspecified atom stereocenters. The Morgan fingerprint density at radius 2 is 1.50 bits per heavy atom. The van der Waals surface area contributed by atoms with Crippen molar-refractivity contribution in [3.63, 3.8) is 0 Å². The van der Waals surface area contributed by atoms with Gasteiger partial charge in [-0.1, -0.05) is 12.1 Å². The summed E-state index contributed by atoms with van der Waals surface area (Å²) in [5, 5.41) is 0.890. The van der Waals surface area contributed by atoms with Crippen molar-refractivity contribution in [1.82, 2.24) is 24.8 Å². The van der Waals surface area contributed by atoms with Crippen molar-refractivity contribution >= 4 is 16.7 Å². The van der Waals surface area contributed by atoms with Gasteiger partial charge in [-0.2, -0.15) is 0 Å². The molecule has 6 rings (SSSR count). The third-order valence-corrected chi connectivity index (χ3v) is 6.71. The van der Waals surface area contributed by atoms with Crippen molar-refractivity contribution < 1.29 is 4.39 Å². The maximum Gasteiger partial charge on any atom is 0.160 e. The standard InChI is InChI=1S/C29H25FN6/c1-35-9-11-36(12-10-35)23-14-21(17-32-19-23)20-13-22(18-31-16-20)26-15-28(25-5-2-3-7-27(25)30)34-29-24(26)6-4-8-33-29/h2-8,13-19H,9-12H2,1H3. The van der Waals surface area contributed by atoms with Crippen molar-refractivity contribution in [2.24, 2.45) is 0 Å². The Balaban J connectivity index is 1.43. The van der Waals surface area contributed by atoms with Crippen LogP contribution in [0.25, 0.3) is 44.5 Å². The minimum atomic E-state index is -0.315. The van der Waals surface area contributed by atoms with E-state index in [1.54, 1.807) is 18.3 Å². The van der Waals surface area contributed by atoms with Crippen LogP contribution in [-0.4, -0.2) is 58.1 Å². The fraction of sp³-hybridized carbons (Fsp3) is 0.172. The highest BCUT2D eigenvalue weighted by Crippen LogP contribution is 2.34. The van der Waals surface area contributed by atoms with E-state index in [-0.39, 0.29) is 5.82 Å². The maximum atomic E-state index is 14.6. The first kappa shape index (κ1) is 22.2. The summed E-state index contributed by atoms with van der Waals surface area (Å²) in [4.78, 5) is 22.9. The van der Waals surface area contributed by atoms with E-state index in [2.05, 4.69) is 48.9 Å². The van der Waals surface area contributed by atoms with Gasteiger partial charge in [0.25, 0.3) is 0 Å². The average molecular weight is 477 g/mol. The molecule has 178 valence electrons. The van der Waals surface area contributed by atoms with Gasteiger partial charge in [-0.15, -0.1) is 0 Å². The number of aromatic nitrogens is 4. The first-order valence-corrected chi connectivity index (χ1v) is 12.0. The third kappa shape index (κ3) is 4.29. The smallest absolute Gasteiger partial charge is 0.160 e. The highest BCUT2D eigenvalue weighted by molar-refractivity contribution is 5.95. The van der Waals surface area contributed by atoms with E-state index in [1.165, 1.54) is 6.07 Å². The average Bonchev–Trinajstić information content (AvgIpc) is 2.93. The van der Waals surface area contributed by atoms with Crippen LogP contribution in [0.1, 0.15) is 0 Å². The van der Waals surface area contributed by atoms with Gasteiger partial charge in [-0.05, 0) is 55.1 Å². The zero-order chi connectivity index (χ0) is 24.5. The molecule has 36 heavy (non-hydrogen) atoms. The number of piperazine rings is 1. The van der Waals surface area contributed by atoms with Gasteiger partial charge in [0.15, 0.2) is 5.65 Å². The van der Waals surface area contributed by atoms with E-state index in [4.69, 9.17) is 0 Å². The zero-order valence-electron chi connectivity index (χ0n) is 20.0. The Bertz CT molecular complexity index is 1540. The second-order valence-electron chi connectivity index (χ2n) is 9.09. The predicted octanol–water partition coefficient (Wildman–Crippen LogP) is 5.31. The van der Waals surface area contributed by atoms with Crippen LogP contribution in [0.5, 0.6) is 0 Å². The van der Waals surface area contributed by atoms with Crippen molar-refractivity contribution in [3.8, 4) is 33.5 Å². The van der Waals surface area contributed by atoms with Crippen molar-refractivity contribution in [1.29, 1.82) is 0 Å². The highest BCUT2D eigenvalue weighted by atomic mass is 19.1. The van der Waals surface area contributed by atoms with Crippen LogP contribution in [0.4, 0.5) is 10.1 Å². The molecule has 7 heteroatoms. The Hall–Kier alpha value is -4.23. The summed E-state index contributed by atoms with van der Waals surface area (Å²) in [5.74, 6) is -0.315. The number of anilines is 1. The van der Waals surface area contributed by atoms with Crippen LogP contribution < -0.4 is 4.90 Å². The van der Waals surface area contributed by atoms with Crippen molar-refractivity contribution in [2.45, 2.75) is 0 Å². The molecule has 0 atom stereocenters. The van der Waals surface area contributed by atoms with Crippen LogP contribution >= 0.6 is 0 Å². The number of likely N-dealkylation sites (N-methyl/N-ethyl adjacent to an activating group) is 1. The molecule has 0 N–H and O–H groups in total. The lowest BCUT2D eigenvalue weighted by molar-refractivity contribution is 0.313. The van der Waals surface area contributed by atoms with E-state index in [1.807, 2.05) is 49.1 Å². The van der Waals surface area contributed by atoms with E-state index in [0.29, 0.717) is 16.9 Å². The second-order valence-corrected chi connectivity index (χ2v) is 9.09. The largest absolute Gasteiger partial charge is 0.368 e. The minimum absolute atomic E-state index is 0.315. The fourth-order valence-electron chi connectivity index (χ4n) is 4.67. The van der Waals surface area contributed by atoms with Gasteiger partial charge in [0.05, 0.1) is 17.6 Å². The van der Waals surface area contributed by atoms with E-state index >= 15 is 0 Å². The van der Waals surface area contributed by atoms with Gasteiger partial charge in [0.2, 0.25) is 0 Å². The van der Waals surface area contributed by atoms with Gasteiger partial charge < -0.3 is 9.80 Å². The number of fused-ring (bicyclic) bond motifs is 1. The molecule has 0 aliphatic carbocycles. The van der Waals surface area contributed by atoms with Crippen LogP contribution in [0.2, 0.25) is 0 Å². The third-order valence-electron chi connectivity index (χ3n) is 6.71. The summed E-state index contributed by atoms with van der Waals surface area (Å²) in [6, 6.07) is 16.7. The summed E-state index contributed by atoms with van der Waals surface area (Å²) in [7, 11) is 2.15. The molecule has 0 spiro atoms. The Morgan fingerprint density at radius 3 is 2.33 bits per heavy atom. The summed E-state index contributed by atoms with van der Waals surface area (Å²) in [6.07, 6.45) is 9.18. The molecule has 0 radical (unpaired) electrons. The molecule has 1 fully saturated rings. The topological polar surface area (TPSA) is 58.0 Å². The molecule has 0 amide bonds. The van der Waals surface area contributed by atoms with Gasteiger partial charge in [0.1, 0.15) is 5.82 Å². The monoisotopic (exact) mass is 476 g/mol. The highest BCUT2D eigenvalue weighted by Gasteiger charge is 2.16. The number of nitrogens with zero attached hydrogens (tertiary/aromatic N) is 6. The SMILES string of the molecule is CN1CCN(c2cncc(-c3cncc(-c4cc(-c5ccccc5F)nc5ncccc45)c3)c2)CC1. The zero-order valence-corrected chi connectivity index (χ0v) is 20.0. The molecule has 5 aromatic rings. The van der Waals surface area contributed by atoms with Crippen LogP contribution in [-0.2, 0) is 0 Å². The molecular weight excluding hydrogens is 451 g/mol. The molecule has 6 nitrogen and oxygen atoms in total. The first-order chi connectivity index (χ1) is 17.7. The molecule has 5 heterocycles. The molecule has 1 saturated heterocycles. The minimum Gasteiger partial charge on any atom is -0.368 e. The fourth-order valence-corrected chi connectivity index (χ4v) is 4.67. The van der Waals surface area contributed by atoms with E-state index < -0.39 is 0 Å². The normalized spacial score (nSPS) is 14.3. The van der Waals surface area contributed by atoms with Gasteiger partial charge in [-0.25, -0.2) is 14.4 Å². The summed E-state index contributed by atoms with van der Waals surface area (Å²) in [6.45, 7) is 4.03. The lowest BCUT2D eigenvalue weighted by Crippen LogP contribution is -2.44. The number of benzene rings is 1. The number of hydrogen-bond acceptors (Lipinski definition) is 6. The summed E-state index contributed by atoms with van der Waals surface area (Å²) < 4.78 is 14.6. The Kier molecular flexibility index (Phi) is 5.83. The Labute approximate surface area is 209 Å². The quantitative estimate of drug-likeness (QED) is 0.350. The second kappa shape index (κ2) is 9.43. The summed E-state index contributed by atoms with van der Waals surface area (Å²) >= 11 is 0. The number of halogens is 1. The van der Waals surface area contributed by atoms with Gasteiger partial charge in [0, 0.05) is 78.6 Å². The van der Waals surface area contributed by atoms with E-state index in [0.717, 1.165) is 59.5 Å². The van der Waals surface area contributed by atoms with Gasteiger partial charge in [-0.3, -0.25) is 9.97 Å². The molecular formula is C29H25FN6. The maximum absolute atomic E-state index is 14.6. The molecule has 0 bridgehead atoms. The van der Waals surface area contributed by atoms with Crippen LogP contribution in [0.3, 0.4) is 0 Å². The number of rotatable bonds is 4. The molecule has 1 aliphatic rings. The van der Waals surface area contributed by atoms with Crippen molar-refractivity contribution in [2.75, 3.05) is 38.1 Å². The van der Waals surface area contributed by atoms with E-state index in [9.17, 15) is 4.39 Å². The Morgan fingerprint density at radius 1 is 0.750 bits per heavy atom. The van der Waals surface area contributed by atoms with Crippen LogP contribution in [0, 0.1) is 5.82 Å². The summed E-state index contributed by atoms with van der Waals surface area (Å²) in [5.41, 5.74) is 6.46. The molecule has 4 aromatic heterocycles. The lowest BCUT2D eigenvalue weighted by atomic mass is 9.98. The van der Waals surface area contributed by atoms with Crippen molar-refractivity contribution in [3.05, 3.63) is 91.4 Å². The molecule has 1 aromatic carbocycles. The molecule has 1 aliphatic heterocycles. The first-order valence-electron chi connectivity index (χ1n) is 12.0. The number of hydrogen-bond donors (Lipinski definition) is 0. The number of pyridine rings is 4. The van der Waals surface area contributed by atoms with Gasteiger partial charge >= 0.3 is 0 Å².